The third kappa shape index (κ3) is 1.83. The molecule has 1 rings (SSSR count). The molecule has 0 atom stereocenters. The number of hydrogen-bond acceptors (Lipinski definition) is 4. The van der Waals surface area contributed by atoms with Gasteiger partial charge >= 0.3 is 11.9 Å². The normalized spacial score (nSPS) is 16.3. The molecule has 0 aromatic carbocycles. The van der Waals surface area contributed by atoms with E-state index in [1.54, 1.807) is 5.41 Å². The molecule has 0 aromatic heterocycles. The highest BCUT2D eigenvalue weighted by molar-refractivity contribution is 8.79. The monoisotopic (exact) mass is 204 g/mol. The first-order valence-corrected chi connectivity index (χ1v) is 5.05. The van der Waals surface area contributed by atoms with Gasteiger partial charge in [0.05, 0.1) is 5.57 Å². The SMILES string of the molecule is O=C(O)C1=C(C(=O)O)SSC=C1. The summed E-state index contributed by atoms with van der Waals surface area (Å²) in [6.07, 6.45) is 1.28. The van der Waals surface area contributed by atoms with Crippen LogP contribution in [-0.2, 0) is 9.59 Å². The first-order valence-electron chi connectivity index (χ1n) is 2.83. The Kier molecular flexibility index (Phi) is 2.83. The molecule has 12 heavy (non-hydrogen) atoms. The number of carboxylic acids is 2. The molecule has 1 aliphatic rings. The predicted octanol–water partition coefficient (Wildman–Crippen LogP) is 1.32. The van der Waals surface area contributed by atoms with Crippen molar-refractivity contribution in [1.29, 1.82) is 0 Å². The van der Waals surface area contributed by atoms with Gasteiger partial charge in [0.15, 0.2) is 0 Å². The molecule has 4 nitrogen and oxygen atoms in total. The van der Waals surface area contributed by atoms with Gasteiger partial charge < -0.3 is 10.2 Å². The fourth-order valence-electron chi connectivity index (χ4n) is 0.612. The van der Waals surface area contributed by atoms with Crippen molar-refractivity contribution in [3.05, 3.63) is 22.0 Å². The van der Waals surface area contributed by atoms with Crippen LogP contribution in [0.15, 0.2) is 22.0 Å². The second kappa shape index (κ2) is 3.68. The smallest absolute Gasteiger partial charge is 0.343 e. The summed E-state index contributed by atoms with van der Waals surface area (Å²) in [5.41, 5.74) is -0.161. The third-order valence-corrected chi connectivity index (χ3v) is 3.12. The minimum atomic E-state index is -1.21. The molecule has 0 unspecified atom stereocenters. The zero-order valence-corrected chi connectivity index (χ0v) is 7.32. The maximum absolute atomic E-state index is 10.5. The average Bonchev–Trinajstić information content (AvgIpc) is 2.04. The van der Waals surface area contributed by atoms with Crippen LogP contribution < -0.4 is 0 Å². The van der Waals surface area contributed by atoms with Crippen LogP contribution in [0.4, 0.5) is 0 Å². The van der Waals surface area contributed by atoms with E-state index in [1.807, 2.05) is 0 Å². The Hall–Kier alpha value is -0.880. The highest BCUT2D eigenvalue weighted by atomic mass is 33.1. The molecule has 0 radical (unpaired) electrons. The van der Waals surface area contributed by atoms with Crippen LogP contribution in [0.1, 0.15) is 0 Å². The van der Waals surface area contributed by atoms with Crippen molar-refractivity contribution in [3.63, 3.8) is 0 Å². The van der Waals surface area contributed by atoms with Crippen LogP contribution in [0.2, 0.25) is 0 Å². The van der Waals surface area contributed by atoms with Gasteiger partial charge in [-0.2, -0.15) is 0 Å². The molecular weight excluding hydrogens is 200 g/mol. The largest absolute Gasteiger partial charge is 0.478 e. The zero-order chi connectivity index (χ0) is 9.14. The second-order valence-corrected chi connectivity index (χ2v) is 3.95. The summed E-state index contributed by atoms with van der Waals surface area (Å²) in [6, 6.07) is 0. The Morgan fingerprint density at radius 2 is 1.92 bits per heavy atom. The number of hydrogen-bond donors (Lipinski definition) is 2. The second-order valence-electron chi connectivity index (χ2n) is 1.84. The molecule has 0 aliphatic carbocycles. The summed E-state index contributed by atoms with van der Waals surface area (Å²) in [6.45, 7) is 0. The van der Waals surface area contributed by atoms with Gasteiger partial charge in [-0.05, 0) is 22.3 Å². The molecule has 0 spiro atoms. The minimum absolute atomic E-state index is 0.130. The van der Waals surface area contributed by atoms with Gasteiger partial charge in [-0.25, -0.2) is 9.59 Å². The molecule has 6 heteroatoms. The van der Waals surface area contributed by atoms with Crippen LogP contribution in [0, 0.1) is 0 Å². The molecule has 64 valence electrons. The lowest BCUT2D eigenvalue weighted by molar-refractivity contribution is -0.135. The lowest BCUT2D eigenvalue weighted by Crippen LogP contribution is -2.08. The molecule has 1 aliphatic heterocycles. The Bertz CT molecular complexity index is 292. The average molecular weight is 204 g/mol. The number of carbonyl (C=O) groups is 2. The van der Waals surface area contributed by atoms with Gasteiger partial charge in [-0.3, -0.25) is 0 Å². The van der Waals surface area contributed by atoms with Crippen molar-refractivity contribution in [1.82, 2.24) is 0 Å². The minimum Gasteiger partial charge on any atom is -0.478 e. The number of carboxylic acid groups (broad SMARTS) is 2. The summed E-state index contributed by atoms with van der Waals surface area (Å²) in [7, 11) is 2.12. The van der Waals surface area contributed by atoms with E-state index in [-0.39, 0.29) is 10.5 Å². The summed E-state index contributed by atoms with van der Waals surface area (Å²) in [4.78, 5) is 20.8. The van der Waals surface area contributed by atoms with Crippen molar-refractivity contribution < 1.29 is 19.8 Å². The lowest BCUT2D eigenvalue weighted by Gasteiger charge is -2.06. The van der Waals surface area contributed by atoms with Crippen LogP contribution >= 0.6 is 21.6 Å². The van der Waals surface area contributed by atoms with Gasteiger partial charge in [-0.15, -0.1) is 0 Å². The number of aliphatic carboxylic acids is 2. The van der Waals surface area contributed by atoms with Crippen molar-refractivity contribution in [2.75, 3.05) is 0 Å². The van der Waals surface area contributed by atoms with Crippen molar-refractivity contribution in [2.24, 2.45) is 0 Å². The van der Waals surface area contributed by atoms with E-state index in [9.17, 15) is 9.59 Å². The molecule has 0 saturated carbocycles. The molecule has 0 fully saturated rings. The summed E-state index contributed by atoms with van der Waals surface area (Å²) in [5.74, 6) is -2.41. The summed E-state index contributed by atoms with van der Waals surface area (Å²) >= 11 is 0. The predicted molar refractivity (Wildman–Crippen MR) is 46.6 cm³/mol. The molecule has 0 bridgehead atoms. The van der Waals surface area contributed by atoms with Crippen molar-refractivity contribution >= 4 is 33.5 Å². The Balaban J connectivity index is 3.08. The van der Waals surface area contributed by atoms with Crippen LogP contribution in [0.25, 0.3) is 0 Å². The maximum Gasteiger partial charge on any atom is 0.343 e. The topological polar surface area (TPSA) is 74.6 Å². The quantitative estimate of drug-likeness (QED) is 0.661. The highest BCUT2D eigenvalue weighted by Gasteiger charge is 2.21. The fourth-order valence-corrected chi connectivity index (χ4v) is 2.38. The molecule has 0 saturated heterocycles. The van der Waals surface area contributed by atoms with E-state index < -0.39 is 11.9 Å². The van der Waals surface area contributed by atoms with Crippen LogP contribution in [0.3, 0.4) is 0 Å². The van der Waals surface area contributed by atoms with Gasteiger partial charge in [0, 0.05) is 0 Å². The van der Waals surface area contributed by atoms with Gasteiger partial charge in [0.2, 0.25) is 0 Å². The Labute approximate surface area is 75.7 Å². The van der Waals surface area contributed by atoms with Crippen LogP contribution in [-0.4, -0.2) is 22.2 Å². The first kappa shape index (κ1) is 9.21. The molecule has 2 N–H and O–H groups in total. The molecule has 0 amide bonds. The standard InChI is InChI=1S/C6H4O4S2/c7-5(8)3-1-2-11-12-4(3)6(9)10/h1-2H,(H,7,8)(H,9,10). The summed E-state index contributed by atoms with van der Waals surface area (Å²) in [5, 5.41) is 18.7. The van der Waals surface area contributed by atoms with E-state index in [0.29, 0.717) is 0 Å². The van der Waals surface area contributed by atoms with Crippen molar-refractivity contribution in [3.8, 4) is 0 Å². The fraction of sp³-hybridized carbons (Fsp3) is 0. The van der Waals surface area contributed by atoms with Gasteiger partial charge in [-0.1, -0.05) is 10.8 Å². The first-order chi connectivity index (χ1) is 5.63. The molecule has 1 heterocycles. The van der Waals surface area contributed by atoms with E-state index in [4.69, 9.17) is 10.2 Å². The van der Waals surface area contributed by atoms with E-state index >= 15 is 0 Å². The lowest BCUT2D eigenvalue weighted by atomic mass is 10.2. The summed E-state index contributed by atoms with van der Waals surface area (Å²) < 4.78 is 0. The van der Waals surface area contributed by atoms with E-state index in [0.717, 1.165) is 10.8 Å². The van der Waals surface area contributed by atoms with Gasteiger partial charge in [0.1, 0.15) is 4.91 Å². The van der Waals surface area contributed by atoms with E-state index in [1.165, 1.54) is 16.9 Å². The Morgan fingerprint density at radius 3 is 2.33 bits per heavy atom. The highest BCUT2D eigenvalue weighted by Crippen LogP contribution is 2.37. The third-order valence-electron chi connectivity index (χ3n) is 1.09. The Morgan fingerprint density at radius 1 is 1.25 bits per heavy atom. The van der Waals surface area contributed by atoms with E-state index in [2.05, 4.69) is 0 Å². The van der Waals surface area contributed by atoms with Crippen LogP contribution in [0.5, 0.6) is 0 Å². The number of rotatable bonds is 2. The van der Waals surface area contributed by atoms with Crippen molar-refractivity contribution in [2.45, 2.75) is 0 Å². The maximum atomic E-state index is 10.5. The molecular formula is C6H4O4S2. The zero-order valence-electron chi connectivity index (χ0n) is 5.68. The van der Waals surface area contributed by atoms with Gasteiger partial charge in [0.25, 0.3) is 0 Å². The molecule has 0 aromatic rings.